The van der Waals surface area contributed by atoms with Crippen molar-refractivity contribution in [2.24, 2.45) is 11.1 Å². The zero-order valence-corrected chi connectivity index (χ0v) is 13.5. The third kappa shape index (κ3) is 4.44. The van der Waals surface area contributed by atoms with Crippen molar-refractivity contribution in [3.05, 3.63) is 0 Å². The van der Waals surface area contributed by atoms with Crippen molar-refractivity contribution < 1.29 is 14.4 Å². The molecule has 3 amide bonds. The summed E-state index contributed by atoms with van der Waals surface area (Å²) in [6, 6.07) is 0. The van der Waals surface area contributed by atoms with E-state index in [0.717, 1.165) is 12.8 Å². The van der Waals surface area contributed by atoms with Gasteiger partial charge in [-0.05, 0) is 18.3 Å². The van der Waals surface area contributed by atoms with E-state index >= 15 is 0 Å². The summed E-state index contributed by atoms with van der Waals surface area (Å²) >= 11 is 0. The quantitative estimate of drug-likeness (QED) is 0.786. The number of likely N-dealkylation sites (N-methyl/N-ethyl adjacent to an activating group) is 1. The first-order valence-electron chi connectivity index (χ1n) is 7.42. The summed E-state index contributed by atoms with van der Waals surface area (Å²) in [4.78, 5) is 37.1. The van der Waals surface area contributed by atoms with Crippen LogP contribution < -0.4 is 11.1 Å². The van der Waals surface area contributed by atoms with Crippen LogP contribution in [0.2, 0.25) is 0 Å². The van der Waals surface area contributed by atoms with E-state index in [-0.39, 0.29) is 23.8 Å². The van der Waals surface area contributed by atoms with Crippen molar-refractivity contribution in [1.82, 2.24) is 10.2 Å². The number of hydrogen-bond acceptors (Lipinski definition) is 3. The van der Waals surface area contributed by atoms with E-state index in [9.17, 15) is 14.4 Å². The number of rotatable bonds is 5. The minimum atomic E-state index is -0.883. The summed E-state index contributed by atoms with van der Waals surface area (Å²) < 4.78 is 0. The maximum absolute atomic E-state index is 12.2. The Hall–Kier alpha value is -1.59. The molecule has 1 saturated carbocycles. The molecule has 1 fully saturated rings. The highest BCUT2D eigenvalue weighted by atomic mass is 16.2. The van der Waals surface area contributed by atoms with E-state index < -0.39 is 11.4 Å². The number of primary amides is 1. The average molecular weight is 297 g/mol. The van der Waals surface area contributed by atoms with Crippen LogP contribution in [-0.2, 0) is 14.4 Å². The zero-order valence-electron chi connectivity index (χ0n) is 13.5. The second-order valence-corrected chi connectivity index (χ2v) is 7.07. The van der Waals surface area contributed by atoms with Gasteiger partial charge in [0.25, 0.3) is 0 Å². The van der Waals surface area contributed by atoms with Crippen LogP contribution in [-0.4, -0.2) is 41.8 Å². The minimum Gasteiger partial charge on any atom is -0.368 e. The van der Waals surface area contributed by atoms with Crippen molar-refractivity contribution in [3.63, 3.8) is 0 Å². The highest BCUT2D eigenvalue weighted by molar-refractivity contribution is 5.92. The lowest BCUT2D eigenvalue weighted by atomic mass is 9.92. The largest absolute Gasteiger partial charge is 0.368 e. The Balaban J connectivity index is 2.59. The summed E-state index contributed by atoms with van der Waals surface area (Å²) in [6.45, 7) is 5.78. The molecular weight excluding hydrogens is 270 g/mol. The van der Waals surface area contributed by atoms with Gasteiger partial charge in [0.15, 0.2) is 0 Å². The lowest BCUT2D eigenvalue weighted by Gasteiger charge is -2.36. The van der Waals surface area contributed by atoms with Crippen LogP contribution in [0, 0.1) is 5.41 Å². The summed E-state index contributed by atoms with van der Waals surface area (Å²) in [5.41, 5.74) is 4.48. The standard InChI is InChI=1S/C15H27N3O3/c1-14(2,3)9-11(19)17-10-12(20)18(4)15(13(16)21)7-5-6-8-15/h5-10H2,1-4H3,(H2,16,21)(H,17,19). The van der Waals surface area contributed by atoms with Gasteiger partial charge in [0, 0.05) is 13.5 Å². The van der Waals surface area contributed by atoms with E-state index in [0.29, 0.717) is 19.3 Å². The normalized spacial score (nSPS) is 17.3. The molecule has 0 bridgehead atoms. The van der Waals surface area contributed by atoms with Crippen molar-refractivity contribution in [2.75, 3.05) is 13.6 Å². The number of carbonyl (C=O) groups excluding carboxylic acids is 3. The van der Waals surface area contributed by atoms with Crippen molar-refractivity contribution in [1.29, 1.82) is 0 Å². The van der Waals surface area contributed by atoms with Crippen LogP contribution >= 0.6 is 0 Å². The number of carbonyl (C=O) groups is 3. The Morgan fingerprint density at radius 3 is 2.14 bits per heavy atom. The van der Waals surface area contributed by atoms with Gasteiger partial charge in [-0.1, -0.05) is 33.6 Å². The van der Waals surface area contributed by atoms with Gasteiger partial charge in [-0.15, -0.1) is 0 Å². The molecule has 0 aromatic carbocycles. The first kappa shape index (κ1) is 17.5. The molecular formula is C15H27N3O3. The Kier molecular flexibility index (Phi) is 5.36. The third-order valence-electron chi connectivity index (χ3n) is 4.03. The number of hydrogen-bond donors (Lipinski definition) is 2. The van der Waals surface area contributed by atoms with Crippen LogP contribution in [0.4, 0.5) is 0 Å². The summed E-state index contributed by atoms with van der Waals surface area (Å²) in [5, 5.41) is 2.62. The maximum atomic E-state index is 12.2. The van der Waals surface area contributed by atoms with Crippen LogP contribution in [0.15, 0.2) is 0 Å². The molecule has 0 unspecified atom stereocenters. The van der Waals surface area contributed by atoms with E-state index in [1.807, 2.05) is 20.8 Å². The predicted molar refractivity (Wildman–Crippen MR) is 80.2 cm³/mol. The molecule has 0 saturated heterocycles. The topological polar surface area (TPSA) is 92.5 Å². The van der Waals surface area contributed by atoms with Gasteiger partial charge in [0.05, 0.1) is 6.54 Å². The minimum absolute atomic E-state index is 0.0968. The molecule has 0 atom stereocenters. The third-order valence-corrected chi connectivity index (χ3v) is 4.03. The van der Waals surface area contributed by atoms with Gasteiger partial charge >= 0.3 is 0 Å². The molecule has 1 aliphatic carbocycles. The van der Waals surface area contributed by atoms with Crippen LogP contribution in [0.25, 0.3) is 0 Å². The van der Waals surface area contributed by atoms with Gasteiger partial charge in [0.1, 0.15) is 5.54 Å². The second-order valence-electron chi connectivity index (χ2n) is 7.07. The molecule has 0 spiro atoms. The van der Waals surface area contributed by atoms with Crippen LogP contribution in [0.1, 0.15) is 52.9 Å². The van der Waals surface area contributed by atoms with E-state index in [1.165, 1.54) is 4.90 Å². The molecule has 0 heterocycles. The smallest absolute Gasteiger partial charge is 0.243 e. The molecule has 0 radical (unpaired) electrons. The number of nitrogens with one attached hydrogen (secondary N) is 1. The van der Waals surface area contributed by atoms with Crippen molar-refractivity contribution in [3.8, 4) is 0 Å². The highest BCUT2D eigenvalue weighted by Crippen LogP contribution is 2.34. The van der Waals surface area contributed by atoms with Crippen molar-refractivity contribution >= 4 is 17.7 Å². The fraction of sp³-hybridized carbons (Fsp3) is 0.800. The average Bonchev–Trinajstić information content (AvgIpc) is 2.83. The Bertz CT molecular complexity index is 420. The van der Waals surface area contributed by atoms with E-state index in [1.54, 1.807) is 7.05 Å². The molecule has 120 valence electrons. The zero-order chi connectivity index (χ0) is 16.3. The first-order valence-corrected chi connectivity index (χ1v) is 7.42. The molecule has 1 aliphatic rings. The van der Waals surface area contributed by atoms with Crippen LogP contribution in [0.5, 0.6) is 0 Å². The molecule has 1 rings (SSSR count). The molecule has 0 aromatic heterocycles. The number of nitrogens with zero attached hydrogens (tertiary/aromatic N) is 1. The van der Waals surface area contributed by atoms with Gasteiger partial charge < -0.3 is 16.0 Å². The molecule has 6 heteroatoms. The summed E-state index contributed by atoms with van der Waals surface area (Å²) in [7, 11) is 1.59. The lowest BCUT2D eigenvalue weighted by molar-refractivity contribution is -0.144. The first-order chi connectivity index (χ1) is 9.58. The van der Waals surface area contributed by atoms with E-state index in [4.69, 9.17) is 5.73 Å². The second kappa shape index (κ2) is 6.45. The summed E-state index contributed by atoms with van der Waals surface area (Å²) in [6.07, 6.45) is 3.32. The number of nitrogens with two attached hydrogens (primary N) is 1. The Morgan fingerprint density at radius 1 is 1.19 bits per heavy atom. The van der Waals surface area contributed by atoms with Crippen molar-refractivity contribution in [2.45, 2.75) is 58.4 Å². The Morgan fingerprint density at radius 2 is 1.71 bits per heavy atom. The van der Waals surface area contributed by atoms with E-state index in [2.05, 4.69) is 5.32 Å². The summed E-state index contributed by atoms with van der Waals surface area (Å²) in [5.74, 6) is -0.904. The fourth-order valence-electron chi connectivity index (χ4n) is 2.78. The molecule has 0 aromatic rings. The van der Waals surface area contributed by atoms with Gasteiger partial charge in [-0.2, -0.15) is 0 Å². The number of amides is 3. The monoisotopic (exact) mass is 297 g/mol. The van der Waals surface area contributed by atoms with Gasteiger partial charge in [0.2, 0.25) is 17.7 Å². The van der Waals surface area contributed by atoms with Gasteiger partial charge in [-0.3, -0.25) is 14.4 Å². The molecule has 21 heavy (non-hydrogen) atoms. The predicted octanol–water partition coefficient (Wildman–Crippen LogP) is 0.795. The SMILES string of the molecule is CN(C(=O)CNC(=O)CC(C)(C)C)C1(C(N)=O)CCCC1. The highest BCUT2D eigenvalue weighted by Gasteiger charge is 2.45. The van der Waals surface area contributed by atoms with Crippen LogP contribution in [0.3, 0.4) is 0 Å². The maximum Gasteiger partial charge on any atom is 0.243 e. The fourth-order valence-corrected chi connectivity index (χ4v) is 2.78. The Labute approximate surface area is 126 Å². The molecule has 0 aliphatic heterocycles. The van der Waals surface area contributed by atoms with Gasteiger partial charge in [-0.25, -0.2) is 0 Å². The molecule has 3 N–H and O–H groups in total. The lowest BCUT2D eigenvalue weighted by Crippen LogP contribution is -2.58. The molecule has 6 nitrogen and oxygen atoms in total.